The second kappa shape index (κ2) is 9.69. The van der Waals surface area contributed by atoms with Crippen molar-refractivity contribution >= 4 is 22.5 Å². The van der Waals surface area contributed by atoms with Crippen LogP contribution in [-0.4, -0.2) is 59.2 Å². The van der Waals surface area contributed by atoms with Crippen molar-refractivity contribution in [2.75, 3.05) is 33.3 Å². The van der Waals surface area contributed by atoms with E-state index in [0.29, 0.717) is 41.3 Å². The lowest BCUT2D eigenvalue weighted by molar-refractivity contribution is -0.0182. The number of ether oxygens (including phenoxy) is 2. The Bertz CT molecular complexity index is 1130. The van der Waals surface area contributed by atoms with Crippen LogP contribution in [0.25, 0.3) is 10.9 Å². The van der Waals surface area contributed by atoms with Gasteiger partial charge in [-0.3, -0.25) is 9.78 Å². The molecule has 2 aromatic heterocycles. The zero-order chi connectivity index (χ0) is 21.8. The predicted octanol–water partition coefficient (Wildman–Crippen LogP) is 2.11. The molecule has 8 nitrogen and oxygen atoms in total. The number of morpholine rings is 1. The molecule has 0 saturated carbocycles. The molecule has 0 amide bonds. The summed E-state index contributed by atoms with van der Waals surface area (Å²) in [6.07, 6.45) is 1.70. The minimum atomic E-state index is -0.528. The molecule has 1 aliphatic heterocycles. The maximum absolute atomic E-state index is 13.3. The van der Waals surface area contributed by atoms with Gasteiger partial charge in [0.05, 0.1) is 28.8 Å². The summed E-state index contributed by atoms with van der Waals surface area (Å²) in [5, 5.41) is 3.76. The Labute approximate surface area is 183 Å². The van der Waals surface area contributed by atoms with Crippen molar-refractivity contribution in [1.29, 1.82) is 0 Å². The largest absolute Gasteiger partial charge is 0.486 e. The van der Waals surface area contributed by atoms with Gasteiger partial charge in [-0.25, -0.2) is 9.37 Å². The minimum Gasteiger partial charge on any atom is -0.486 e. The molecule has 1 aliphatic rings. The van der Waals surface area contributed by atoms with Crippen LogP contribution in [0.3, 0.4) is 0 Å². The molecule has 0 aliphatic carbocycles. The van der Waals surface area contributed by atoms with Crippen LogP contribution in [0.4, 0.5) is 4.39 Å². The van der Waals surface area contributed by atoms with E-state index >= 15 is 0 Å². The minimum absolute atomic E-state index is 0.00282. The van der Waals surface area contributed by atoms with E-state index in [0.717, 1.165) is 19.7 Å². The van der Waals surface area contributed by atoms with Crippen molar-refractivity contribution in [3.05, 3.63) is 63.2 Å². The Hall–Kier alpha value is -2.59. The lowest BCUT2D eigenvalue weighted by Crippen LogP contribution is -2.44. The fourth-order valence-corrected chi connectivity index (χ4v) is 3.60. The molecule has 3 aromatic rings. The zero-order valence-corrected chi connectivity index (χ0v) is 17.8. The monoisotopic (exact) mass is 447 g/mol. The fourth-order valence-electron chi connectivity index (χ4n) is 3.42. The highest BCUT2D eigenvalue weighted by molar-refractivity contribution is 6.30. The fraction of sp³-hybridized carbons (Fsp3) is 0.381. The normalized spacial score (nSPS) is 17.2. The second-order valence-electron chi connectivity index (χ2n) is 7.42. The molecule has 0 radical (unpaired) electrons. The number of nitrogens with zero attached hydrogens (tertiary/aromatic N) is 3. The number of hydrogen-bond donors (Lipinski definition) is 2. The molecule has 1 saturated heterocycles. The number of nitrogens with one attached hydrogen (secondary N) is 2. The van der Waals surface area contributed by atoms with Gasteiger partial charge in [0.15, 0.2) is 0 Å². The molecule has 0 spiro atoms. The van der Waals surface area contributed by atoms with Crippen LogP contribution >= 0.6 is 11.6 Å². The summed E-state index contributed by atoms with van der Waals surface area (Å²) < 4.78 is 24.7. The first-order valence-corrected chi connectivity index (χ1v) is 10.3. The average Bonchev–Trinajstić information content (AvgIpc) is 2.75. The maximum Gasteiger partial charge on any atom is 0.258 e. The van der Waals surface area contributed by atoms with Crippen LogP contribution in [0.5, 0.6) is 5.75 Å². The van der Waals surface area contributed by atoms with E-state index < -0.39 is 5.82 Å². The van der Waals surface area contributed by atoms with Crippen LogP contribution < -0.4 is 15.6 Å². The third-order valence-corrected chi connectivity index (χ3v) is 5.31. The Morgan fingerprint density at radius 1 is 1.42 bits per heavy atom. The highest BCUT2D eigenvalue weighted by Crippen LogP contribution is 2.21. The van der Waals surface area contributed by atoms with Gasteiger partial charge in [0, 0.05) is 38.4 Å². The van der Waals surface area contributed by atoms with E-state index in [1.165, 1.54) is 18.2 Å². The number of likely N-dealkylation sites (N-methyl/N-ethyl adjacent to an activating group) is 1. The molecular formula is C21H23ClFN5O3. The Balaban J connectivity index is 1.47. The summed E-state index contributed by atoms with van der Waals surface area (Å²) in [7, 11) is 2.07. The van der Waals surface area contributed by atoms with Gasteiger partial charge in [-0.1, -0.05) is 11.6 Å². The summed E-state index contributed by atoms with van der Waals surface area (Å²) in [5.41, 5.74) is 0.900. The summed E-state index contributed by atoms with van der Waals surface area (Å²) in [5.74, 6) is 0.184. The standard InChI is InChI=1S/C21H23ClFN5O3/c1-28-6-7-30-14(11-28)9-24-10-18-20-15(4-5-25-18)21(29)27-19(26-20)12-31-13-2-3-17(23)16(22)8-13/h2-5,8,14,24H,6-7,9-12H2,1H3,(H,26,27,29)/t14-/m1/s1. The number of fused-ring (bicyclic) bond motifs is 1. The number of rotatable bonds is 7. The van der Waals surface area contributed by atoms with Gasteiger partial charge >= 0.3 is 0 Å². The van der Waals surface area contributed by atoms with Gasteiger partial charge in [0.2, 0.25) is 0 Å². The summed E-state index contributed by atoms with van der Waals surface area (Å²) in [4.78, 5) is 26.4. The molecule has 164 valence electrons. The van der Waals surface area contributed by atoms with E-state index in [1.54, 1.807) is 12.3 Å². The molecule has 10 heteroatoms. The first kappa shape index (κ1) is 21.6. The van der Waals surface area contributed by atoms with Gasteiger partial charge in [0.25, 0.3) is 5.56 Å². The summed E-state index contributed by atoms with van der Waals surface area (Å²) in [6, 6.07) is 5.68. The smallest absolute Gasteiger partial charge is 0.258 e. The van der Waals surface area contributed by atoms with Crippen molar-refractivity contribution in [2.24, 2.45) is 0 Å². The van der Waals surface area contributed by atoms with Gasteiger partial charge in [-0.05, 0) is 25.2 Å². The zero-order valence-electron chi connectivity index (χ0n) is 17.0. The molecule has 31 heavy (non-hydrogen) atoms. The molecule has 1 fully saturated rings. The number of H-pyrrole nitrogens is 1. The molecular weight excluding hydrogens is 425 g/mol. The number of hydrogen-bond acceptors (Lipinski definition) is 7. The highest BCUT2D eigenvalue weighted by Gasteiger charge is 2.17. The number of benzene rings is 1. The van der Waals surface area contributed by atoms with Crippen molar-refractivity contribution in [1.82, 2.24) is 25.2 Å². The van der Waals surface area contributed by atoms with Gasteiger partial charge in [-0.15, -0.1) is 0 Å². The van der Waals surface area contributed by atoms with Crippen molar-refractivity contribution in [2.45, 2.75) is 19.3 Å². The van der Waals surface area contributed by atoms with E-state index in [9.17, 15) is 9.18 Å². The van der Waals surface area contributed by atoms with Crippen LogP contribution in [0.15, 0.2) is 35.3 Å². The van der Waals surface area contributed by atoms with Gasteiger partial charge in [-0.2, -0.15) is 0 Å². The van der Waals surface area contributed by atoms with Crippen molar-refractivity contribution < 1.29 is 13.9 Å². The lowest BCUT2D eigenvalue weighted by atomic mass is 10.2. The summed E-state index contributed by atoms with van der Waals surface area (Å²) in [6.45, 7) is 3.63. The Kier molecular flexibility index (Phi) is 6.77. The number of halogens is 2. The molecule has 3 heterocycles. The quantitative estimate of drug-likeness (QED) is 0.573. The number of pyridine rings is 1. The lowest BCUT2D eigenvalue weighted by Gasteiger charge is -2.30. The van der Waals surface area contributed by atoms with Crippen molar-refractivity contribution in [3.8, 4) is 5.75 Å². The van der Waals surface area contributed by atoms with Gasteiger partial charge in [0.1, 0.15) is 29.5 Å². The van der Waals surface area contributed by atoms with Crippen LogP contribution in [0.1, 0.15) is 11.5 Å². The van der Waals surface area contributed by atoms with E-state index in [2.05, 4.69) is 32.2 Å². The molecule has 1 atom stereocenters. The predicted molar refractivity (Wildman–Crippen MR) is 115 cm³/mol. The number of aromatic nitrogens is 3. The second-order valence-corrected chi connectivity index (χ2v) is 7.82. The summed E-state index contributed by atoms with van der Waals surface area (Å²) >= 11 is 5.78. The maximum atomic E-state index is 13.3. The molecule has 4 rings (SSSR count). The number of aromatic amines is 1. The Morgan fingerprint density at radius 3 is 3.10 bits per heavy atom. The van der Waals surface area contributed by atoms with Crippen LogP contribution in [0, 0.1) is 5.82 Å². The van der Waals surface area contributed by atoms with Crippen LogP contribution in [-0.2, 0) is 17.9 Å². The van der Waals surface area contributed by atoms with E-state index in [-0.39, 0.29) is 23.3 Å². The Morgan fingerprint density at radius 2 is 2.29 bits per heavy atom. The van der Waals surface area contributed by atoms with Crippen molar-refractivity contribution in [3.63, 3.8) is 0 Å². The third kappa shape index (κ3) is 5.37. The average molecular weight is 448 g/mol. The topological polar surface area (TPSA) is 92.4 Å². The molecule has 0 unspecified atom stereocenters. The first-order chi connectivity index (χ1) is 15.0. The first-order valence-electron chi connectivity index (χ1n) is 9.95. The molecule has 0 bridgehead atoms. The van der Waals surface area contributed by atoms with Gasteiger partial charge < -0.3 is 24.7 Å². The SMILES string of the molecule is CN1CCO[C@H](CNCc2nccc3c(=O)[nH]c(COc4ccc(F)c(Cl)c4)nc23)C1. The highest BCUT2D eigenvalue weighted by atomic mass is 35.5. The molecule has 2 N–H and O–H groups in total. The van der Waals surface area contributed by atoms with Crippen LogP contribution in [0.2, 0.25) is 5.02 Å². The van der Waals surface area contributed by atoms with E-state index in [1.807, 2.05) is 0 Å². The van der Waals surface area contributed by atoms with E-state index in [4.69, 9.17) is 21.1 Å². The molecule has 1 aromatic carbocycles. The third-order valence-electron chi connectivity index (χ3n) is 5.02.